The second kappa shape index (κ2) is 5.38. The molecule has 0 heterocycles. The Bertz CT molecular complexity index is 187. The van der Waals surface area contributed by atoms with Gasteiger partial charge in [0.25, 0.3) is 0 Å². The van der Waals surface area contributed by atoms with Gasteiger partial charge >= 0.3 is 0 Å². The quantitative estimate of drug-likeness (QED) is 0.666. The zero-order chi connectivity index (χ0) is 11.4. The topological polar surface area (TPSA) is 20.3 Å². The number of hydrogen-bond donors (Lipinski definition) is 0. The molecule has 2 heteroatoms. The summed E-state index contributed by atoms with van der Waals surface area (Å²) in [6, 6.07) is 0. The van der Waals surface area contributed by atoms with Crippen LogP contribution < -0.4 is 0 Å². The van der Waals surface area contributed by atoms with Crippen LogP contribution in [0.3, 0.4) is 0 Å². The van der Waals surface area contributed by atoms with Gasteiger partial charge in [-0.15, -0.1) is 0 Å². The standard InChI is InChI=1S/C12H25NO/c1-7-8-9-12(4,10(2)3)11(14)13(5)6/h10H,7-9H2,1-6H3. The fraction of sp³-hybridized carbons (Fsp3) is 0.917. The molecule has 2 nitrogen and oxygen atoms in total. The number of unbranched alkanes of at least 4 members (excludes halogenated alkanes) is 1. The SMILES string of the molecule is CCCCC(C)(C(=O)N(C)C)C(C)C. The van der Waals surface area contributed by atoms with Crippen LogP contribution in [0.25, 0.3) is 0 Å². The molecule has 0 aliphatic heterocycles. The van der Waals surface area contributed by atoms with Gasteiger partial charge in [0.2, 0.25) is 5.91 Å². The molecule has 14 heavy (non-hydrogen) atoms. The van der Waals surface area contributed by atoms with E-state index in [4.69, 9.17) is 0 Å². The minimum atomic E-state index is -0.181. The molecule has 0 bridgehead atoms. The van der Waals surface area contributed by atoms with Gasteiger partial charge in [-0.05, 0) is 12.3 Å². The van der Waals surface area contributed by atoms with Gasteiger partial charge in [0, 0.05) is 19.5 Å². The predicted octanol–water partition coefficient (Wildman–Crippen LogP) is 2.93. The molecule has 1 atom stereocenters. The Kier molecular flexibility index (Phi) is 5.17. The van der Waals surface area contributed by atoms with Crippen molar-refractivity contribution in [3.05, 3.63) is 0 Å². The highest BCUT2D eigenvalue weighted by molar-refractivity contribution is 5.82. The Morgan fingerprint density at radius 2 is 1.86 bits per heavy atom. The van der Waals surface area contributed by atoms with Crippen molar-refractivity contribution in [3.63, 3.8) is 0 Å². The third-order valence-corrected chi connectivity index (χ3v) is 3.22. The third kappa shape index (κ3) is 3.00. The van der Waals surface area contributed by atoms with Crippen LogP contribution in [-0.4, -0.2) is 24.9 Å². The van der Waals surface area contributed by atoms with Crippen LogP contribution >= 0.6 is 0 Å². The highest BCUT2D eigenvalue weighted by Crippen LogP contribution is 2.34. The van der Waals surface area contributed by atoms with Crippen molar-refractivity contribution in [1.29, 1.82) is 0 Å². The zero-order valence-corrected chi connectivity index (χ0v) is 10.6. The summed E-state index contributed by atoms with van der Waals surface area (Å²) in [5, 5.41) is 0. The maximum absolute atomic E-state index is 12.0. The van der Waals surface area contributed by atoms with Gasteiger partial charge in [-0.25, -0.2) is 0 Å². The molecule has 0 aliphatic carbocycles. The molecule has 0 aliphatic rings. The monoisotopic (exact) mass is 199 g/mol. The molecular formula is C12H25NO. The minimum Gasteiger partial charge on any atom is -0.348 e. The number of carbonyl (C=O) groups is 1. The lowest BCUT2D eigenvalue weighted by molar-refractivity contribution is -0.141. The average Bonchev–Trinajstić information content (AvgIpc) is 2.12. The Hall–Kier alpha value is -0.530. The maximum atomic E-state index is 12.0. The number of carbonyl (C=O) groups excluding carboxylic acids is 1. The highest BCUT2D eigenvalue weighted by atomic mass is 16.2. The molecule has 1 amide bonds. The van der Waals surface area contributed by atoms with Crippen molar-refractivity contribution >= 4 is 5.91 Å². The van der Waals surface area contributed by atoms with Gasteiger partial charge < -0.3 is 4.90 Å². The van der Waals surface area contributed by atoms with Crippen molar-refractivity contribution in [2.45, 2.75) is 47.0 Å². The van der Waals surface area contributed by atoms with Crippen molar-refractivity contribution < 1.29 is 4.79 Å². The summed E-state index contributed by atoms with van der Waals surface area (Å²) in [5.41, 5.74) is -0.181. The number of hydrogen-bond acceptors (Lipinski definition) is 1. The Balaban J connectivity index is 4.62. The number of nitrogens with zero attached hydrogens (tertiary/aromatic N) is 1. The fourth-order valence-corrected chi connectivity index (χ4v) is 1.70. The van der Waals surface area contributed by atoms with E-state index in [1.165, 1.54) is 0 Å². The zero-order valence-electron chi connectivity index (χ0n) is 10.6. The van der Waals surface area contributed by atoms with E-state index in [1.807, 2.05) is 14.1 Å². The van der Waals surface area contributed by atoms with Crippen LogP contribution in [0.5, 0.6) is 0 Å². The first-order valence-electron chi connectivity index (χ1n) is 5.58. The molecule has 84 valence electrons. The largest absolute Gasteiger partial charge is 0.348 e. The smallest absolute Gasteiger partial charge is 0.228 e. The Morgan fingerprint density at radius 3 is 2.14 bits per heavy atom. The van der Waals surface area contributed by atoms with Gasteiger partial charge in [0.15, 0.2) is 0 Å². The summed E-state index contributed by atoms with van der Waals surface area (Å²) < 4.78 is 0. The normalized spacial score (nSPS) is 15.4. The fourth-order valence-electron chi connectivity index (χ4n) is 1.70. The van der Waals surface area contributed by atoms with E-state index in [0.29, 0.717) is 5.92 Å². The summed E-state index contributed by atoms with van der Waals surface area (Å²) in [5.74, 6) is 0.671. The molecule has 0 radical (unpaired) electrons. The maximum Gasteiger partial charge on any atom is 0.228 e. The summed E-state index contributed by atoms with van der Waals surface area (Å²) in [4.78, 5) is 13.8. The molecule has 0 fully saturated rings. The first-order chi connectivity index (χ1) is 6.36. The first-order valence-corrected chi connectivity index (χ1v) is 5.58. The van der Waals surface area contributed by atoms with Crippen LogP contribution in [0.1, 0.15) is 47.0 Å². The van der Waals surface area contributed by atoms with Crippen LogP contribution in [-0.2, 0) is 4.79 Å². The number of rotatable bonds is 5. The molecule has 0 spiro atoms. The molecule has 0 aromatic carbocycles. The summed E-state index contributed by atoms with van der Waals surface area (Å²) in [7, 11) is 3.68. The lowest BCUT2D eigenvalue weighted by Crippen LogP contribution is -2.41. The summed E-state index contributed by atoms with van der Waals surface area (Å²) >= 11 is 0. The lowest BCUT2D eigenvalue weighted by atomic mass is 9.74. The summed E-state index contributed by atoms with van der Waals surface area (Å²) in [6.07, 6.45) is 3.29. The van der Waals surface area contributed by atoms with Crippen LogP contribution in [0.4, 0.5) is 0 Å². The Morgan fingerprint density at radius 1 is 1.36 bits per heavy atom. The first kappa shape index (κ1) is 13.5. The van der Waals surface area contributed by atoms with Crippen LogP contribution in [0, 0.1) is 11.3 Å². The third-order valence-electron chi connectivity index (χ3n) is 3.22. The number of amides is 1. The molecule has 1 unspecified atom stereocenters. The molecule has 0 saturated carbocycles. The second-order valence-electron chi connectivity index (χ2n) is 4.88. The molecular weight excluding hydrogens is 174 g/mol. The Labute approximate surface area is 88.7 Å². The van der Waals surface area contributed by atoms with Crippen LogP contribution in [0.2, 0.25) is 0 Å². The van der Waals surface area contributed by atoms with E-state index in [1.54, 1.807) is 4.90 Å². The van der Waals surface area contributed by atoms with E-state index in [2.05, 4.69) is 27.7 Å². The molecule has 0 aromatic rings. The van der Waals surface area contributed by atoms with Crippen molar-refractivity contribution in [1.82, 2.24) is 4.90 Å². The van der Waals surface area contributed by atoms with Gasteiger partial charge in [0.1, 0.15) is 0 Å². The van der Waals surface area contributed by atoms with Crippen molar-refractivity contribution in [2.75, 3.05) is 14.1 Å². The van der Waals surface area contributed by atoms with Crippen molar-refractivity contribution in [3.8, 4) is 0 Å². The summed E-state index contributed by atoms with van der Waals surface area (Å²) in [6.45, 7) is 8.53. The van der Waals surface area contributed by atoms with E-state index in [9.17, 15) is 4.79 Å². The van der Waals surface area contributed by atoms with E-state index < -0.39 is 0 Å². The van der Waals surface area contributed by atoms with Crippen LogP contribution in [0.15, 0.2) is 0 Å². The highest BCUT2D eigenvalue weighted by Gasteiger charge is 2.36. The van der Waals surface area contributed by atoms with Crippen molar-refractivity contribution in [2.24, 2.45) is 11.3 Å². The van der Waals surface area contributed by atoms with Gasteiger partial charge in [-0.2, -0.15) is 0 Å². The van der Waals surface area contributed by atoms with E-state index >= 15 is 0 Å². The predicted molar refractivity (Wildman–Crippen MR) is 61.2 cm³/mol. The van der Waals surface area contributed by atoms with Gasteiger partial charge in [-0.1, -0.05) is 40.5 Å². The van der Waals surface area contributed by atoms with E-state index in [0.717, 1.165) is 19.3 Å². The van der Waals surface area contributed by atoms with E-state index in [-0.39, 0.29) is 11.3 Å². The second-order valence-corrected chi connectivity index (χ2v) is 4.88. The molecule has 0 rings (SSSR count). The average molecular weight is 199 g/mol. The van der Waals surface area contributed by atoms with Gasteiger partial charge in [-0.3, -0.25) is 4.79 Å². The molecule has 0 aromatic heterocycles. The van der Waals surface area contributed by atoms with Gasteiger partial charge in [0.05, 0.1) is 0 Å². The lowest BCUT2D eigenvalue weighted by Gasteiger charge is -2.34. The molecule has 0 saturated heterocycles. The molecule has 0 N–H and O–H groups in total. The minimum absolute atomic E-state index is 0.181.